The number of aliphatic carboxylic acids is 1. The van der Waals surface area contributed by atoms with Crippen LogP contribution in [0.15, 0.2) is 0 Å². The van der Waals surface area contributed by atoms with E-state index in [1.54, 1.807) is 0 Å². The molecule has 0 unspecified atom stereocenters. The Kier molecular flexibility index (Phi) is 1.87. The maximum absolute atomic E-state index is 11.7. The molecule has 0 aromatic heterocycles. The van der Waals surface area contributed by atoms with E-state index in [2.05, 4.69) is 0 Å². The van der Waals surface area contributed by atoms with Crippen molar-refractivity contribution >= 4 is 18.1 Å². The van der Waals surface area contributed by atoms with Crippen molar-refractivity contribution < 1.29 is 13.8 Å². The van der Waals surface area contributed by atoms with E-state index in [1.165, 1.54) is 0 Å². The highest BCUT2D eigenvalue weighted by atomic mass is 32.2. The summed E-state index contributed by atoms with van der Waals surface area (Å²) in [7, 11) is 0. The van der Waals surface area contributed by atoms with Crippen LogP contribution in [0.5, 0.6) is 0 Å². The number of nitrogens with two attached hydrogens (primary N) is 1. The molecular formula is C5H8FNO2S. The average molecular weight is 165 g/mol. The van der Waals surface area contributed by atoms with Crippen molar-refractivity contribution in [3.05, 3.63) is 0 Å². The van der Waals surface area contributed by atoms with Gasteiger partial charge in [-0.1, -0.05) is 0 Å². The maximum Gasteiger partial charge on any atom is 0.323 e. The van der Waals surface area contributed by atoms with E-state index in [-0.39, 0.29) is 30.2 Å². The van der Waals surface area contributed by atoms with Gasteiger partial charge in [-0.2, -0.15) is 3.89 Å². The molecule has 1 aliphatic carbocycles. The van der Waals surface area contributed by atoms with Crippen LogP contribution in [0.1, 0.15) is 12.8 Å². The zero-order valence-corrected chi connectivity index (χ0v) is 6.03. The average Bonchev–Trinajstić information content (AvgIpc) is 1.80. The van der Waals surface area contributed by atoms with E-state index in [1.807, 2.05) is 0 Å². The molecule has 3 nitrogen and oxygen atoms in total. The van der Waals surface area contributed by atoms with E-state index in [0.717, 1.165) is 0 Å². The minimum Gasteiger partial charge on any atom is -0.480 e. The van der Waals surface area contributed by atoms with E-state index < -0.39 is 11.5 Å². The van der Waals surface area contributed by atoms with Crippen LogP contribution in [0.4, 0.5) is 3.89 Å². The van der Waals surface area contributed by atoms with Crippen molar-refractivity contribution in [2.45, 2.75) is 23.6 Å². The third-order valence-corrected chi connectivity index (χ3v) is 2.32. The Labute approximate surface area is 62.1 Å². The lowest BCUT2D eigenvalue weighted by Gasteiger charge is -2.38. The molecule has 0 bridgehead atoms. The number of carbonyl (C=O) groups is 1. The van der Waals surface area contributed by atoms with Crippen LogP contribution in [0.3, 0.4) is 0 Å². The Balaban J connectivity index is 2.42. The Morgan fingerprint density at radius 1 is 1.80 bits per heavy atom. The number of hydrogen-bond donors (Lipinski definition) is 2. The van der Waals surface area contributed by atoms with Crippen molar-refractivity contribution in [2.75, 3.05) is 0 Å². The third kappa shape index (κ3) is 1.11. The Morgan fingerprint density at radius 2 is 2.30 bits per heavy atom. The van der Waals surface area contributed by atoms with Gasteiger partial charge in [-0.3, -0.25) is 4.79 Å². The predicted molar refractivity (Wildman–Crippen MR) is 36.3 cm³/mol. The van der Waals surface area contributed by atoms with E-state index in [9.17, 15) is 8.68 Å². The van der Waals surface area contributed by atoms with Crippen LogP contribution < -0.4 is 5.73 Å². The largest absolute Gasteiger partial charge is 0.480 e. The molecule has 1 aliphatic rings. The molecule has 3 N–H and O–H groups in total. The lowest BCUT2D eigenvalue weighted by atomic mass is 9.77. The molecule has 0 saturated heterocycles. The fourth-order valence-corrected chi connectivity index (χ4v) is 1.71. The van der Waals surface area contributed by atoms with Crippen LogP contribution in [0.2, 0.25) is 0 Å². The van der Waals surface area contributed by atoms with Gasteiger partial charge in [0.1, 0.15) is 5.54 Å². The van der Waals surface area contributed by atoms with Crippen molar-refractivity contribution in [3.8, 4) is 0 Å². The van der Waals surface area contributed by atoms with E-state index in [4.69, 9.17) is 10.8 Å². The normalized spacial score (nSPS) is 38.8. The molecule has 0 radical (unpaired) electrons. The fourth-order valence-electron chi connectivity index (χ4n) is 0.990. The third-order valence-electron chi connectivity index (χ3n) is 1.74. The zero-order chi connectivity index (χ0) is 7.78. The van der Waals surface area contributed by atoms with Gasteiger partial charge in [0, 0.05) is 17.4 Å². The van der Waals surface area contributed by atoms with Crippen molar-refractivity contribution in [3.63, 3.8) is 0 Å². The van der Waals surface area contributed by atoms with Gasteiger partial charge in [-0.25, -0.2) is 0 Å². The highest BCUT2D eigenvalue weighted by Crippen LogP contribution is 2.38. The second-order valence-corrected chi connectivity index (χ2v) is 3.43. The van der Waals surface area contributed by atoms with Crippen molar-refractivity contribution in [2.24, 2.45) is 5.73 Å². The predicted octanol–water partition coefficient (Wildman–Crippen LogP) is 0.549. The first-order valence-electron chi connectivity index (χ1n) is 2.88. The Bertz CT molecular complexity index is 158. The monoisotopic (exact) mass is 165 g/mol. The smallest absolute Gasteiger partial charge is 0.323 e. The minimum absolute atomic E-state index is 0.188. The summed E-state index contributed by atoms with van der Waals surface area (Å²) in [5, 5.41) is 8.24. The molecule has 0 heterocycles. The molecule has 0 aromatic rings. The molecule has 10 heavy (non-hydrogen) atoms. The summed E-state index contributed by atoms with van der Waals surface area (Å²) in [6, 6.07) is 0. The molecule has 5 heteroatoms. The zero-order valence-electron chi connectivity index (χ0n) is 5.21. The summed E-state index contributed by atoms with van der Waals surface area (Å²) >= 11 is 0.188. The van der Waals surface area contributed by atoms with E-state index in [0.29, 0.717) is 0 Å². The second kappa shape index (κ2) is 2.39. The number of carboxylic acid groups (broad SMARTS) is 1. The molecule has 0 aliphatic heterocycles. The standard InChI is InChI=1S/C5H8FNO2S/c6-10-3-1-5(7,2-3)4(8)9/h3H,1-2,7H2,(H,8,9). The Hall–Kier alpha value is -0.290. The van der Waals surface area contributed by atoms with Crippen LogP contribution in [0.25, 0.3) is 0 Å². The topological polar surface area (TPSA) is 63.3 Å². The molecule has 0 aromatic carbocycles. The molecule has 0 atom stereocenters. The number of rotatable bonds is 2. The van der Waals surface area contributed by atoms with Gasteiger partial charge in [0.05, 0.1) is 0 Å². The molecule has 1 rings (SSSR count). The van der Waals surface area contributed by atoms with Crippen LogP contribution >= 0.6 is 12.1 Å². The highest BCUT2D eigenvalue weighted by molar-refractivity contribution is 7.95. The molecule has 1 saturated carbocycles. The lowest BCUT2D eigenvalue weighted by molar-refractivity contribution is -0.146. The molecular weight excluding hydrogens is 157 g/mol. The maximum atomic E-state index is 11.7. The summed E-state index contributed by atoms with van der Waals surface area (Å²) in [6.45, 7) is 0. The molecule has 0 amide bonds. The highest BCUT2D eigenvalue weighted by Gasteiger charge is 2.47. The summed E-state index contributed by atoms with van der Waals surface area (Å²) < 4.78 is 11.7. The summed E-state index contributed by atoms with van der Waals surface area (Å²) in [5.74, 6) is -1.03. The van der Waals surface area contributed by atoms with Crippen LogP contribution in [-0.2, 0) is 4.79 Å². The number of hydrogen-bond acceptors (Lipinski definition) is 3. The minimum atomic E-state index is -1.15. The SMILES string of the molecule is NC1(C(=O)O)CC(SF)C1. The first-order valence-corrected chi connectivity index (χ1v) is 3.66. The van der Waals surface area contributed by atoms with Crippen molar-refractivity contribution in [1.29, 1.82) is 0 Å². The van der Waals surface area contributed by atoms with Crippen LogP contribution in [0, 0.1) is 0 Å². The van der Waals surface area contributed by atoms with E-state index >= 15 is 0 Å². The molecule has 1 fully saturated rings. The van der Waals surface area contributed by atoms with Gasteiger partial charge >= 0.3 is 5.97 Å². The quantitative estimate of drug-likeness (QED) is 0.627. The van der Waals surface area contributed by atoms with Crippen molar-refractivity contribution in [1.82, 2.24) is 0 Å². The summed E-state index contributed by atoms with van der Waals surface area (Å²) in [5.41, 5.74) is 4.18. The molecule has 58 valence electrons. The Morgan fingerprint density at radius 3 is 2.60 bits per heavy atom. The van der Waals surface area contributed by atoms with Gasteiger partial charge in [-0.05, 0) is 12.8 Å². The van der Waals surface area contributed by atoms with Gasteiger partial charge in [0.2, 0.25) is 0 Å². The first kappa shape index (κ1) is 7.81. The van der Waals surface area contributed by atoms with Crippen LogP contribution in [-0.4, -0.2) is 21.9 Å². The fraction of sp³-hybridized carbons (Fsp3) is 0.800. The van der Waals surface area contributed by atoms with Gasteiger partial charge in [0.15, 0.2) is 0 Å². The first-order chi connectivity index (χ1) is 4.58. The van der Waals surface area contributed by atoms with Gasteiger partial charge in [0.25, 0.3) is 0 Å². The lowest BCUT2D eigenvalue weighted by Crippen LogP contribution is -2.59. The summed E-state index contributed by atoms with van der Waals surface area (Å²) in [4.78, 5) is 10.3. The number of halogens is 1. The van der Waals surface area contributed by atoms with Gasteiger partial charge in [-0.15, -0.1) is 0 Å². The van der Waals surface area contributed by atoms with Gasteiger partial charge < -0.3 is 10.8 Å². The second-order valence-electron chi connectivity index (χ2n) is 2.58. The summed E-state index contributed by atoms with van der Waals surface area (Å²) in [6.07, 6.45) is 0.479. The number of carboxylic acids is 1. The molecule has 0 spiro atoms.